The fourth-order valence-corrected chi connectivity index (χ4v) is 2.17. The minimum atomic E-state index is -0.900. The number of hydrogen-bond donors (Lipinski definition) is 1. The standard InChI is InChI=1S/C14H20BrNO4/c1-14(2,3)20-13(17)12(16)8-6-10(18-4)11(19-5)7-9(8)15/h6-7,12H,16H2,1-5H3. The van der Waals surface area contributed by atoms with Crippen molar-refractivity contribution in [2.75, 3.05) is 14.2 Å². The van der Waals surface area contributed by atoms with E-state index in [9.17, 15) is 4.79 Å². The van der Waals surface area contributed by atoms with Gasteiger partial charge >= 0.3 is 5.97 Å². The quantitative estimate of drug-likeness (QED) is 0.849. The summed E-state index contributed by atoms with van der Waals surface area (Å²) in [5.74, 6) is 0.564. The molecule has 2 N–H and O–H groups in total. The van der Waals surface area contributed by atoms with E-state index < -0.39 is 17.6 Å². The van der Waals surface area contributed by atoms with Gasteiger partial charge in [-0.25, -0.2) is 4.79 Å². The topological polar surface area (TPSA) is 70.8 Å². The van der Waals surface area contributed by atoms with Gasteiger partial charge in [-0.3, -0.25) is 0 Å². The Kier molecular flexibility index (Phi) is 5.42. The smallest absolute Gasteiger partial charge is 0.328 e. The number of ether oxygens (including phenoxy) is 3. The van der Waals surface area contributed by atoms with Crippen molar-refractivity contribution in [1.29, 1.82) is 0 Å². The van der Waals surface area contributed by atoms with Crippen molar-refractivity contribution in [3.05, 3.63) is 22.2 Å². The zero-order valence-electron chi connectivity index (χ0n) is 12.3. The summed E-state index contributed by atoms with van der Waals surface area (Å²) in [6.45, 7) is 5.38. The number of hydrogen-bond acceptors (Lipinski definition) is 5. The van der Waals surface area contributed by atoms with Crippen LogP contribution in [0.5, 0.6) is 11.5 Å². The van der Waals surface area contributed by atoms with Crippen LogP contribution < -0.4 is 15.2 Å². The summed E-state index contributed by atoms with van der Waals surface area (Å²) in [6, 6.07) is 2.47. The number of halogens is 1. The van der Waals surface area contributed by atoms with Crippen molar-refractivity contribution in [1.82, 2.24) is 0 Å². The molecule has 1 unspecified atom stereocenters. The molecule has 0 aliphatic carbocycles. The fourth-order valence-electron chi connectivity index (χ4n) is 1.60. The molecule has 1 atom stereocenters. The van der Waals surface area contributed by atoms with E-state index >= 15 is 0 Å². The molecule has 1 aromatic carbocycles. The van der Waals surface area contributed by atoms with Gasteiger partial charge in [0.25, 0.3) is 0 Å². The van der Waals surface area contributed by atoms with Gasteiger partial charge in [-0.2, -0.15) is 0 Å². The molecular formula is C14H20BrNO4. The highest BCUT2D eigenvalue weighted by atomic mass is 79.9. The molecule has 0 spiro atoms. The third-order valence-electron chi connectivity index (χ3n) is 2.50. The van der Waals surface area contributed by atoms with Crippen LogP contribution in [0.2, 0.25) is 0 Å². The Morgan fingerprint density at radius 2 is 1.70 bits per heavy atom. The summed E-state index contributed by atoms with van der Waals surface area (Å²) < 4.78 is 16.3. The second-order valence-electron chi connectivity index (χ2n) is 5.24. The molecule has 112 valence electrons. The van der Waals surface area contributed by atoms with Crippen LogP contribution in [0.4, 0.5) is 0 Å². The summed E-state index contributed by atoms with van der Waals surface area (Å²) in [5, 5.41) is 0. The second kappa shape index (κ2) is 6.45. The maximum atomic E-state index is 12.0. The first-order valence-corrected chi connectivity index (χ1v) is 6.88. The summed E-state index contributed by atoms with van der Waals surface area (Å²) >= 11 is 3.38. The highest BCUT2D eigenvalue weighted by Crippen LogP contribution is 2.36. The lowest BCUT2D eigenvalue weighted by Crippen LogP contribution is -2.31. The average molecular weight is 346 g/mol. The Balaban J connectivity index is 3.10. The van der Waals surface area contributed by atoms with Gasteiger partial charge in [0.1, 0.15) is 11.6 Å². The molecule has 6 heteroatoms. The first kappa shape index (κ1) is 16.8. The molecule has 0 fully saturated rings. The third kappa shape index (κ3) is 4.11. The number of methoxy groups -OCH3 is 2. The zero-order valence-corrected chi connectivity index (χ0v) is 13.9. The monoisotopic (exact) mass is 345 g/mol. The van der Waals surface area contributed by atoms with E-state index in [2.05, 4.69) is 15.9 Å². The van der Waals surface area contributed by atoms with Gasteiger partial charge in [0.15, 0.2) is 11.5 Å². The van der Waals surface area contributed by atoms with Gasteiger partial charge in [0, 0.05) is 4.47 Å². The number of nitrogens with two attached hydrogens (primary N) is 1. The van der Waals surface area contributed by atoms with E-state index in [0.717, 1.165) is 0 Å². The minimum absolute atomic E-state index is 0.495. The minimum Gasteiger partial charge on any atom is -0.493 e. The summed E-state index contributed by atoms with van der Waals surface area (Å²) in [7, 11) is 3.06. The molecule has 20 heavy (non-hydrogen) atoms. The van der Waals surface area contributed by atoms with E-state index in [4.69, 9.17) is 19.9 Å². The van der Waals surface area contributed by atoms with Gasteiger partial charge in [0.05, 0.1) is 14.2 Å². The Bertz CT molecular complexity index is 497. The molecule has 0 heterocycles. The van der Waals surface area contributed by atoms with Crippen LogP contribution in [0.15, 0.2) is 16.6 Å². The normalized spacial score (nSPS) is 12.8. The van der Waals surface area contributed by atoms with E-state index in [1.165, 1.54) is 14.2 Å². The van der Waals surface area contributed by atoms with Crippen molar-refractivity contribution in [2.24, 2.45) is 5.73 Å². The number of benzene rings is 1. The van der Waals surface area contributed by atoms with Crippen LogP contribution in [0.1, 0.15) is 32.4 Å². The van der Waals surface area contributed by atoms with Crippen LogP contribution in [0, 0.1) is 0 Å². The molecule has 0 aliphatic heterocycles. The maximum Gasteiger partial charge on any atom is 0.328 e. The largest absolute Gasteiger partial charge is 0.493 e. The molecule has 0 aromatic heterocycles. The van der Waals surface area contributed by atoms with Crippen molar-refractivity contribution in [3.8, 4) is 11.5 Å². The van der Waals surface area contributed by atoms with Crippen LogP contribution in [-0.2, 0) is 9.53 Å². The maximum absolute atomic E-state index is 12.0. The number of rotatable bonds is 4. The van der Waals surface area contributed by atoms with Gasteiger partial charge in [-0.05, 0) is 38.5 Å². The van der Waals surface area contributed by atoms with E-state index in [-0.39, 0.29) is 0 Å². The molecule has 0 saturated carbocycles. The van der Waals surface area contributed by atoms with E-state index in [1.54, 1.807) is 32.9 Å². The van der Waals surface area contributed by atoms with Gasteiger partial charge < -0.3 is 19.9 Å². The number of carbonyl (C=O) groups excluding carboxylic acids is 1. The molecule has 0 radical (unpaired) electrons. The molecule has 0 amide bonds. The Labute approximate surface area is 127 Å². The lowest BCUT2D eigenvalue weighted by atomic mass is 10.1. The molecule has 5 nitrogen and oxygen atoms in total. The van der Waals surface area contributed by atoms with Crippen LogP contribution in [-0.4, -0.2) is 25.8 Å². The first-order chi connectivity index (χ1) is 9.19. The summed E-state index contributed by atoms with van der Waals surface area (Å²) in [6.07, 6.45) is 0. The Morgan fingerprint density at radius 1 is 1.20 bits per heavy atom. The SMILES string of the molecule is COc1cc(Br)c(C(N)C(=O)OC(C)(C)C)cc1OC. The summed E-state index contributed by atoms with van der Waals surface area (Å²) in [5.41, 5.74) is 5.96. The molecule has 0 bridgehead atoms. The third-order valence-corrected chi connectivity index (χ3v) is 3.19. The Hall–Kier alpha value is -1.27. The van der Waals surface area contributed by atoms with Gasteiger partial charge in [-0.15, -0.1) is 0 Å². The highest BCUT2D eigenvalue weighted by Gasteiger charge is 2.26. The average Bonchev–Trinajstić information content (AvgIpc) is 2.35. The van der Waals surface area contributed by atoms with E-state index in [1.807, 2.05) is 0 Å². The van der Waals surface area contributed by atoms with Gasteiger partial charge in [0.2, 0.25) is 0 Å². The lowest BCUT2D eigenvalue weighted by molar-refractivity contribution is -0.156. The predicted molar refractivity (Wildman–Crippen MR) is 80.0 cm³/mol. The van der Waals surface area contributed by atoms with Crippen LogP contribution >= 0.6 is 15.9 Å². The highest BCUT2D eigenvalue weighted by molar-refractivity contribution is 9.10. The van der Waals surface area contributed by atoms with Crippen molar-refractivity contribution in [3.63, 3.8) is 0 Å². The molecule has 1 aromatic rings. The first-order valence-electron chi connectivity index (χ1n) is 6.09. The van der Waals surface area contributed by atoms with Crippen LogP contribution in [0.3, 0.4) is 0 Å². The number of esters is 1. The lowest BCUT2D eigenvalue weighted by Gasteiger charge is -2.23. The molecule has 1 rings (SSSR count). The fraction of sp³-hybridized carbons (Fsp3) is 0.500. The summed E-state index contributed by atoms with van der Waals surface area (Å²) in [4.78, 5) is 12.0. The van der Waals surface area contributed by atoms with Crippen molar-refractivity contribution in [2.45, 2.75) is 32.4 Å². The second-order valence-corrected chi connectivity index (χ2v) is 6.09. The molecule has 0 aliphatic rings. The van der Waals surface area contributed by atoms with Gasteiger partial charge in [-0.1, -0.05) is 15.9 Å². The van der Waals surface area contributed by atoms with Crippen molar-refractivity contribution < 1.29 is 19.0 Å². The number of carbonyl (C=O) groups is 1. The van der Waals surface area contributed by atoms with E-state index in [0.29, 0.717) is 21.5 Å². The van der Waals surface area contributed by atoms with Crippen molar-refractivity contribution >= 4 is 21.9 Å². The van der Waals surface area contributed by atoms with Crippen LogP contribution in [0.25, 0.3) is 0 Å². The zero-order chi connectivity index (χ0) is 15.5. The molecule has 0 saturated heterocycles. The Morgan fingerprint density at radius 3 is 2.15 bits per heavy atom. The molecular weight excluding hydrogens is 326 g/mol. The predicted octanol–water partition coefficient (Wildman–Crippen LogP) is 2.81.